The molecule has 41 heavy (non-hydrogen) atoms. The fraction of sp³-hybridized carbons (Fsp3) is 0.444. The van der Waals surface area contributed by atoms with Gasteiger partial charge >= 0.3 is 12.4 Å². The summed E-state index contributed by atoms with van der Waals surface area (Å²) in [6, 6.07) is 7.34. The molecule has 0 unspecified atom stereocenters. The minimum atomic E-state index is -4.67. The molecule has 0 spiro atoms. The Hall–Kier alpha value is -3.48. The van der Waals surface area contributed by atoms with Crippen LogP contribution in [0.4, 0.5) is 43.4 Å². The molecule has 1 heterocycles. The zero-order chi connectivity index (χ0) is 30.1. The van der Waals surface area contributed by atoms with Crippen molar-refractivity contribution in [1.29, 1.82) is 0 Å². The molecule has 0 bridgehead atoms. The van der Waals surface area contributed by atoms with Gasteiger partial charge in [0.1, 0.15) is 6.04 Å². The average Bonchev–Trinajstić information content (AvgIpc) is 3.71. The summed E-state index contributed by atoms with van der Waals surface area (Å²) in [4.78, 5) is 40.3. The second-order valence-electron chi connectivity index (χ2n) is 10.3. The van der Waals surface area contributed by atoms with E-state index in [9.17, 15) is 40.7 Å². The highest BCUT2D eigenvalue weighted by atomic mass is 35.5. The zero-order valence-corrected chi connectivity index (χ0v) is 22.2. The van der Waals surface area contributed by atoms with Gasteiger partial charge in [0.15, 0.2) is 0 Å². The molecule has 4 rings (SSSR count). The van der Waals surface area contributed by atoms with E-state index in [1.54, 1.807) is 0 Å². The minimum absolute atomic E-state index is 0.0245. The van der Waals surface area contributed by atoms with Crippen LogP contribution in [0.3, 0.4) is 0 Å². The van der Waals surface area contributed by atoms with Gasteiger partial charge in [0.25, 0.3) is 0 Å². The second-order valence-corrected chi connectivity index (χ2v) is 10.7. The third-order valence-electron chi connectivity index (χ3n) is 7.22. The summed E-state index contributed by atoms with van der Waals surface area (Å²) in [7, 11) is 0. The standard InChI is InChI=1S/C27H27ClF6N4O3/c28-19-5-2-6-21-22(19)37-25(41)20(13-38(21)16-4-1-3-15(12-16)27(32,33)34)36-24(40)17(9-10-26(29,30)31)18(23(35)39)11-14-7-8-14/h1-6,12,14,17-18,20H,7-11,13H2,(H2,35,39)(H,36,40)(H,37,41)/t17-,18+,20+/m1/s1. The molecule has 1 saturated carbocycles. The Morgan fingerprint density at radius 1 is 1.07 bits per heavy atom. The monoisotopic (exact) mass is 604 g/mol. The molecule has 3 amide bonds. The van der Waals surface area contributed by atoms with Crippen LogP contribution in [-0.4, -0.2) is 36.5 Å². The van der Waals surface area contributed by atoms with Gasteiger partial charge in [-0.2, -0.15) is 26.3 Å². The zero-order valence-electron chi connectivity index (χ0n) is 21.5. The topological polar surface area (TPSA) is 105 Å². The van der Waals surface area contributed by atoms with Gasteiger partial charge < -0.3 is 21.3 Å². The minimum Gasteiger partial charge on any atom is -0.369 e. The molecular weight excluding hydrogens is 578 g/mol. The number of amides is 3. The average molecular weight is 605 g/mol. The third-order valence-corrected chi connectivity index (χ3v) is 7.54. The largest absolute Gasteiger partial charge is 0.416 e. The molecule has 2 aromatic carbocycles. The second kappa shape index (κ2) is 11.8. The Kier molecular flexibility index (Phi) is 8.76. The van der Waals surface area contributed by atoms with Gasteiger partial charge in [0, 0.05) is 23.9 Å². The van der Waals surface area contributed by atoms with E-state index in [-0.39, 0.29) is 41.0 Å². The first-order valence-electron chi connectivity index (χ1n) is 12.8. The number of primary amides is 1. The molecule has 1 aliphatic heterocycles. The van der Waals surface area contributed by atoms with Gasteiger partial charge in [0.05, 0.1) is 28.5 Å². The predicted octanol–water partition coefficient (Wildman–Crippen LogP) is 5.79. The lowest BCUT2D eigenvalue weighted by atomic mass is 9.83. The number of halogens is 7. The normalized spacial score (nSPS) is 19.0. The van der Waals surface area contributed by atoms with E-state index in [1.165, 1.54) is 35.2 Å². The third kappa shape index (κ3) is 7.63. The first-order valence-corrected chi connectivity index (χ1v) is 13.2. The van der Waals surface area contributed by atoms with Crippen molar-refractivity contribution in [3.63, 3.8) is 0 Å². The van der Waals surface area contributed by atoms with E-state index in [2.05, 4.69) is 10.6 Å². The highest BCUT2D eigenvalue weighted by molar-refractivity contribution is 6.34. The molecular formula is C27H27ClF6N4O3. The number of nitrogens with two attached hydrogens (primary N) is 1. The van der Waals surface area contributed by atoms with Crippen molar-refractivity contribution in [1.82, 2.24) is 5.32 Å². The Labute approximate surface area is 236 Å². The summed E-state index contributed by atoms with van der Waals surface area (Å²) in [5.74, 6) is -5.31. The van der Waals surface area contributed by atoms with E-state index in [0.717, 1.165) is 25.0 Å². The van der Waals surface area contributed by atoms with Crippen LogP contribution < -0.4 is 21.3 Å². The maximum atomic E-state index is 13.5. The van der Waals surface area contributed by atoms with Crippen molar-refractivity contribution in [2.24, 2.45) is 23.5 Å². The SMILES string of the molecule is NC(=O)[C@@H](CC1CC1)[C@@H](CCC(F)(F)F)C(=O)N[C@H]1CN(c2cccc(C(F)(F)F)c2)c2cccc(Cl)c2NC1=O. The van der Waals surface area contributed by atoms with Crippen LogP contribution in [-0.2, 0) is 20.6 Å². The molecule has 222 valence electrons. The Bertz CT molecular complexity index is 1310. The lowest BCUT2D eigenvalue weighted by Gasteiger charge is -2.30. The maximum absolute atomic E-state index is 13.5. The fourth-order valence-corrected chi connectivity index (χ4v) is 5.16. The number of carbonyl (C=O) groups excluding carboxylic acids is 3. The first-order chi connectivity index (χ1) is 19.1. The summed E-state index contributed by atoms with van der Waals surface area (Å²) < 4.78 is 79.8. The Morgan fingerprint density at radius 3 is 2.37 bits per heavy atom. The van der Waals surface area contributed by atoms with Crippen molar-refractivity contribution in [2.75, 3.05) is 16.8 Å². The molecule has 2 aromatic rings. The van der Waals surface area contributed by atoms with E-state index in [0.29, 0.717) is 0 Å². The van der Waals surface area contributed by atoms with Crippen LogP contribution in [0, 0.1) is 17.8 Å². The van der Waals surface area contributed by atoms with Gasteiger partial charge in [-0.3, -0.25) is 14.4 Å². The summed E-state index contributed by atoms with van der Waals surface area (Å²) in [6.07, 6.45) is -9.71. The van der Waals surface area contributed by atoms with Crippen LogP contribution in [0.1, 0.15) is 37.7 Å². The number of hydrogen-bond acceptors (Lipinski definition) is 4. The number of benzene rings is 2. The van der Waals surface area contributed by atoms with Crippen LogP contribution in [0.25, 0.3) is 0 Å². The van der Waals surface area contributed by atoms with E-state index < -0.39 is 66.4 Å². The number of alkyl halides is 6. The van der Waals surface area contributed by atoms with Gasteiger partial charge in [-0.25, -0.2) is 0 Å². The molecule has 4 N–H and O–H groups in total. The Balaban J connectivity index is 1.67. The van der Waals surface area contributed by atoms with Gasteiger partial charge in [0.2, 0.25) is 17.7 Å². The summed E-state index contributed by atoms with van der Waals surface area (Å²) in [5, 5.41) is 5.07. The smallest absolute Gasteiger partial charge is 0.369 e. The quantitative estimate of drug-likeness (QED) is 0.315. The molecule has 2 aliphatic rings. The number of nitrogens with zero attached hydrogens (tertiary/aromatic N) is 1. The number of fused-ring (bicyclic) bond motifs is 1. The first kappa shape index (κ1) is 30.5. The van der Waals surface area contributed by atoms with Crippen LogP contribution in [0.15, 0.2) is 42.5 Å². The molecule has 1 aliphatic carbocycles. The Morgan fingerprint density at radius 2 is 1.76 bits per heavy atom. The van der Waals surface area contributed by atoms with Crippen molar-refractivity contribution in [3.05, 3.63) is 53.1 Å². The molecule has 1 fully saturated rings. The lowest BCUT2D eigenvalue weighted by Crippen LogP contribution is -2.52. The van der Waals surface area contributed by atoms with Gasteiger partial charge in [-0.1, -0.05) is 36.6 Å². The lowest BCUT2D eigenvalue weighted by molar-refractivity contribution is -0.146. The fourth-order valence-electron chi connectivity index (χ4n) is 4.95. The maximum Gasteiger partial charge on any atom is 0.416 e. The van der Waals surface area contributed by atoms with Crippen molar-refractivity contribution < 1.29 is 40.7 Å². The van der Waals surface area contributed by atoms with E-state index in [4.69, 9.17) is 17.3 Å². The molecule has 3 atom stereocenters. The number of rotatable bonds is 9. The van der Waals surface area contributed by atoms with E-state index >= 15 is 0 Å². The number of carbonyl (C=O) groups is 3. The number of para-hydroxylation sites is 1. The summed E-state index contributed by atoms with van der Waals surface area (Å²) in [5.41, 5.74) is 4.88. The van der Waals surface area contributed by atoms with Crippen LogP contribution in [0.5, 0.6) is 0 Å². The van der Waals surface area contributed by atoms with Crippen molar-refractivity contribution in [2.45, 2.75) is 50.5 Å². The number of nitrogens with one attached hydrogen (secondary N) is 2. The number of hydrogen-bond donors (Lipinski definition) is 3. The molecule has 7 nitrogen and oxygen atoms in total. The highest BCUT2D eigenvalue weighted by Crippen LogP contribution is 2.42. The molecule has 0 radical (unpaired) electrons. The van der Waals surface area contributed by atoms with Crippen LogP contribution >= 0.6 is 11.6 Å². The van der Waals surface area contributed by atoms with Crippen molar-refractivity contribution in [3.8, 4) is 0 Å². The van der Waals surface area contributed by atoms with Gasteiger partial charge in [-0.05, 0) is 49.1 Å². The van der Waals surface area contributed by atoms with Crippen LogP contribution in [0.2, 0.25) is 5.02 Å². The van der Waals surface area contributed by atoms with E-state index in [1.807, 2.05) is 0 Å². The molecule has 0 aromatic heterocycles. The van der Waals surface area contributed by atoms with Crippen molar-refractivity contribution >= 4 is 46.4 Å². The highest BCUT2D eigenvalue weighted by Gasteiger charge is 2.41. The summed E-state index contributed by atoms with van der Waals surface area (Å²) >= 11 is 6.29. The summed E-state index contributed by atoms with van der Waals surface area (Å²) in [6.45, 7) is -0.387. The number of anilines is 3. The molecule has 0 saturated heterocycles. The molecule has 14 heteroatoms. The van der Waals surface area contributed by atoms with Gasteiger partial charge in [-0.15, -0.1) is 0 Å². The predicted molar refractivity (Wildman–Crippen MR) is 139 cm³/mol.